The first-order valence-electron chi connectivity index (χ1n) is 19.3. The Hall–Kier alpha value is -1.98. The number of anilines is 2. The molecule has 312 valence electrons. The molecule has 1 fully saturated rings. The van der Waals surface area contributed by atoms with Crippen molar-refractivity contribution in [1.82, 2.24) is 9.80 Å². The Kier molecular flexibility index (Phi) is 18.0. The maximum atomic E-state index is 13.6. The van der Waals surface area contributed by atoms with Gasteiger partial charge >= 0.3 is 6.18 Å². The Labute approximate surface area is 331 Å². The molecule has 2 heterocycles. The molecule has 0 aromatic heterocycles. The van der Waals surface area contributed by atoms with Crippen LogP contribution in [0.4, 0.5) is 24.5 Å². The van der Waals surface area contributed by atoms with Crippen LogP contribution < -0.4 is 4.90 Å². The van der Waals surface area contributed by atoms with Gasteiger partial charge in [-0.15, -0.1) is 0 Å². The summed E-state index contributed by atoms with van der Waals surface area (Å²) in [6.07, 6.45) is -2.50. The van der Waals surface area contributed by atoms with Crippen molar-refractivity contribution in [2.45, 2.75) is 92.4 Å². The number of hydrogen-bond acceptors (Lipinski definition) is 11. The fourth-order valence-electron chi connectivity index (χ4n) is 6.72. The Bertz CT molecular complexity index is 1430. The van der Waals surface area contributed by atoms with Gasteiger partial charge in [0.25, 0.3) is 0 Å². The van der Waals surface area contributed by atoms with Crippen LogP contribution in [0.3, 0.4) is 0 Å². The highest BCUT2D eigenvalue weighted by molar-refractivity contribution is 7.99. The van der Waals surface area contributed by atoms with Crippen molar-refractivity contribution in [3.63, 3.8) is 0 Å². The molecule has 2 aromatic carbocycles. The van der Waals surface area contributed by atoms with Gasteiger partial charge in [-0.2, -0.15) is 13.2 Å². The molecule has 14 heteroatoms. The van der Waals surface area contributed by atoms with E-state index in [0.29, 0.717) is 51.7 Å². The zero-order valence-corrected chi connectivity index (χ0v) is 34.9. The van der Waals surface area contributed by atoms with Crippen LogP contribution in [0.5, 0.6) is 0 Å². The smallest absolute Gasteiger partial charge is 0.379 e. The number of nitrogens with zero attached hydrogens (tertiary/aromatic N) is 3. The number of fused-ring (bicyclic) bond motifs is 2. The Morgan fingerprint density at radius 3 is 1.93 bits per heavy atom. The molecule has 3 atom stereocenters. The summed E-state index contributed by atoms with van der Waals surface area (Å²) in [4.78, 5) is 8.78. The van der Waals surface area contributed by atoms with E-state index in [4.69, 9.17) is 33.2 Å². The first kappa shape index (κ1) is 45.7. The van der Waals surface area contributed by atoms with E-state index in [2.05, 4.69) is 28.5 Å². The number of ether oxygens (including phenoxy) is 7. The largest absolute Gasteiger partial charge is 0.416 e. The molecule has 2 aromatic rings. The SMILES string of the molecule is COC(COCC(CN1CCN(CCCN2c3ccccc3Sc3ccc(C(F)(F)F)cc32)CC1)OC)COCC(CC(C)(C)OCCC(C)(C)OC)OC. The second kappa shape index (κ2) is 21.7. The molecule has 55 heavy (non-hydrogen) atoms. The molecule has 0 saturated carbocycles. The Morgan fingerprint density at radius 2 is 1.29 bits per heavy atom. The van der Waals surface area contributed by atoms with Gasteiger partial charge in [-0.3, -0.25) is 4.90 Å². The molecular weight excluding hydrogens is 736 g/mol. The van der Waals surface area contributed by atoms with Crippen molar-refractivity contribution in [1.29, 1.82) is 0 Å². The van der Waals surface area contributed by atoms with Crippen LogP contribution >= 0.6 is 11.8 Å². The molecule has 0 N–H and O–H groups in total. The molecular formula is C41H64F3N3O7S. The minimum Gasteiger partial charge on any atom is -0.379 e. The van der Waals surface area contributed by atoms with Crippen molar-refractivity contribution >= 4 is 23.1 Å². The molecule has 4 rings (SSSR count). The highest BCUT2D eigenvalue weighted by atomic mass is 32.2. The van der Waals surface area contributed by atoms with E-state index in [1.54, 1.807) is 34.5 Å². The lowest BCUT2D eigenvalue weighted by atomic mass is 10.00. The predicted octanol–water partition coefficient (Wildman–Crippen LogP) is 7.39. The van der Waals surface area contributed by atoms with E-state index >= 15 is 0 Å². The number of benzene rings is 2. The number of piperazine rings is 1. The maximum absolute atomic E-state index is 13.6. The molecule has 0 radical (unpaired) electrons. The van der Waals surface area contributed by atoms with Gasteiger partial charge in [-0.25, -0.2) is 0 Å². The molecule has 2 aliphatic heterocycles. The van der Waals surface area contributed by atoms with E-state index < -0.39 is 11.7 Å². The molecule has 0 aliphatic carbocycles. The third-order valence-electron chi connectivity index (χ3n) is 10.4. The van der Waals surface area contributed by atoms with Crippen LogP contribution in [0, 0.1) is 0 Å². The molecule has 1 saturated heterocycles. The molecule has 0 amide bonds. The summed E-state index contributed by atoms with van der Waals surface area (Å²) >= 11 is 1.52. The van der Waals surface area contributed by atoms with Crippen LogP contribution in [0.25, 0.3) is 0 Å². The van der Waals surface area contributed by atoms with Crippen molar-refractivity contribution in [3.05, 3.63) is 48.0 Å². The van der Waals surface area contributed by atoms with E-state index in [9.17, 15) is 13.2 Å². The molecule has 2 aliphatic rings. The van der Waals surface area contributed by atoms with Gasteiger partial charge in [0.15, 0.2) is 0 Å². The van der Waals surface area contributed by atoms with Crippen LogP contribution in [0.15, 0.2) is 52.3 Å². The van der Waals surface area contributed by atoms with Gasteiger partial charge in [0.2, 0.25) is 0 Å². The zero-order chi connectivity index (χ0) is 40.1. The third-order valence-corrected chi connectivity index (χ3v) is 11.5. The first-order chi connectivity index (χ1) is 26.2. The van der Waals surface area contributed by atoms with Crippen molar-refractivity contribution in [2.24, 2.45) is 0 Å². The van der Waals surface area contributed by atoms with Crippen LogP contribution in [0.1, 0.15) is 52.5 Å². The van der Waals surface area contributed by atoms with Gasteiger partial charge in [0.1, 0.15) is 6.10 Å². The highest BCUT2D eigenvalue weighted by Gasteiger charge is 2.33. The molecule has 0 spiro atoms. The number of alkyl halides is 3. The van der Waals surface area contributed by atoms with Gasteiger partial charge in [0.05, 0.1) is 73.4 Å². The second-order valence-electron chi connectivity index (χ2n) is 15.6. The first-order valence-corrected chi connectivity index (χ1v) is 20.1. The third kappa shape index (κ3) is 14.7. The minimum atomic E-state index is -4.39. The normalized spacial score (nSPS) is 17.5. The lowest BCUT2D eigenvalue weighted by molar-refractivity contribution is -0.137. The Balaban J connectivity index is 1.14. The average molecular weight is 800 g/mol. The topological polar surface area (TPSA) is 74.3 Å². The monoisotopic (exact) mass is 799 g/mol. The molecule has 10 nitrogen and oxygen atoms in total. The van der Waals surface area contributed by atoms with Gasteiger partial charge < -0.3 is 43.0 Å². The van der Waals surface area contributed by atoms with Crippen LogP contribution in [-0.2, 0) is 39.3 Å². The van der Waals surface area contributed by atoms with E-state index in [1.165, 1.54) is 23.9 Å². The van der Waals surface area contributed by atoms with Gasteiger partial charge in [0, 0.05) is 83.9 Å². The van der Waals surface area contributed by atoms with Crippen molar-refractivity contribution in [2.75, 3.05) is 112 Å². The van der Waals surface area contributed by atoms with Gasteiger partial charge in [-0.1, -0.05) is 23.9 Å². The lowest BCUT2D eigenvalue weighted by Gasteiger charge is -2.37. The average Bonchev–Trinajstić information content (AvgIpc) is 3.15. The number of hydrogen-bond donors (Lipinski definition) is 0. The zero-order valence-electron chi connectivity index (χ0n) is 34.1. The summed E-state index contributed by atoms with van der Waals surface area (Å²) in [6, 6.07) is 12.0. The van der Waals surface area contributed by atoms with Crippen LogP contribution in [-0.4, -0.2) is 147 Å². The second-order valence-corrected chi connectivity index (χ2v) is 16.7. The molecule has 0 bridgehead atoms. The summed E-state index contributed by atoms with van der Waals surface area (Å²) in [5.74, 6) is 0. The Morgan fingerprint density at radius 1 is 0.691 bits per heavy atom. The number of halogens is 3. The predicted molar refractivity (Wildman–Crippen MR) is 211 cm³/mol. The quantitative estimate of drug-likeness (QED) is 0.107. The van der Waals surface area contributed by atoms with E-state index in [-0.39, 0.29) is 29.5 Å². The molecule has 3 unspecified atom stereocenters. The summed E-state index contributed by atoms with van der Waals surface area (Å²) in [5.41, 5.74) is 0.367. The summed E-state index contributed by atoms with van der Waals surface area (Å²) in [6.45, 7) is 16.4. The highest BCUT2D eigenvalue weighted by Crippen LogP contribution is 2.49. The van der Waals surface area contributed by atoms with E-state index in [1.807, 2.05) is 38.1 Å². The number of rotatable bonds is 24. The minimum absolute atomic E-state index is 0.0850. The fourth-order valence-corrected chi connectivity index (χ4v) is 7.79. The summed E-state index contributed by atoms with van der Waals surface area (Å²) in [5, 5.41) is 0. The summed E-state index contributed by atoms with van der Waals surface area (Å²) in [7, 11) is 6.77. The maximum Gasteiger partial charge on any atom is 0.416 e. The van der Waals surface area contributed by atoms with Crippen LogP contribution in [0.2, 0.25) is 0 Å². The van der Waals surface area contributed by atoms with Crippen molar-refractivity contribution in [3.8, 4) is 0 Å². The van der Waals surface area contributed by atoms with E-state index in [0.717, 1.165) is 67.6 Å². The van der Waals surface area contributed by atoms with Crippen molar-refractivity contribution < 1.29 is 46.3 Å². The summed E-state index contributed by atoms with van der Waals surface area (Å²) < 4.78 is 81.6. The number of para-hydroxylation sites is 1. The standard InChI is InChI=1S/C41H64F3N3O7S/c1-39(2,51-8)16-23-54-40(3,4)25-32(48-5)27-52-29-34(50-7)30-53-28-33(49-6)26-46-21-19-45(20-22-46)17-11-18-47-35-12-9-10-13-37(35)55-38-15-14-31(24-36(38)47)41(42,43)44/h9-10,12-15,24,32-34H,11,16-23,25-30H2,1-8H3. The fraction of sp³-hybridized carbons (Fsp3) is 0.707. The number of methoxy groups -OCH3 is 4. The lowest BCUT2D eigenvalue weighted by Crippen LogP contribution is -2.49. The van der Waals surface area contributed by atoms with Gasteiger partial charge in [-0.05, 0) is 77.4 Å².